The fourth-order valence-electron chi connectivity index (χ4n) is 1.86. The summed E-state index contributed by atoms with van der Waals surface area (Å²) in [6, 6.07) is 18.5. The van der Waals surface area contributed by atoms with Crippen molar-refractivity contribution >= 4 is 11.6 Å². The van der Waals surface area contributed by atoms with Crippen LogP contribution in [0.25, 0.3) is 0 Å². The van der Waals surface area contributed by atoms with Gasteiger partial charge < -0.3 is 4.74 Å². The molecule has 1 atom stereocenters. The average molecular weight is 275 g/mol. The highest BCUT2D eigenvalue weighted by Crippen LogP contribution is 2.16. The van der Waals surface area contributed by atoms with E-state index in [4.69, 9.17) is 16.3 Å². The number of halogens is 1. The topological polar surface area (TPSA) is 9.23 Å². The SMILES string of the molecule is CC(Cl)CCc1ccc(OCc2ccccc2)cc1. The van der Waals surface area contributed by atoms with Gasteiger partial charge in [0.25, 0.3) is 0 Å². The van der Waals surface area contributed by atoms with E-state index in [-0.39, 0.29) is 5.38 Å². The average Bonchev–Trinajstić information content (AvgIpc) is 2.45. The van der Waals surface area contributed by atoms with E-state index in [9.17, 15) is 0 Å². The monoisotopic (exact) mass is 274 g/mol. The van der Waals surface area contributed by atoms with Gasteiger partial charge in [-0.3, -0.25) is 0 Å². The Kier molecular flexibility index (Phi) is 5.29. The van der Waals surface area contributed by atoms with Gasteiger partial charge in [0.1, 0.15) is 12.4 Å². The number of hydrogen-bond donors (Lipinski definition) is 0. The summed E-state index contributed by atoms with van der Waals surface area (Å²) in [6.45, 7) is 2.64. The zero-order valence-corrected chi connectivity index (χ0v) is 11.9. The largest absolute Gasteiger partial charge is 0.489 e. The van der Waals surface area contributed by atoms with Crippen LogP contribution in [0.1, 0.15) is 24.5 Å². The molecule has 0 aliphatic carbocycles. The molecule has 0 spiro atoms. The molecule has 0 radical (unpaired) electrons. The quantitative estimate of drug-likeness (QED) is 0.686. The maximum atomic E-state index is 5.95. The zero-order chi connectivity index (χ0) is 13.5. The molecule has 0 N–H and O–H groups in total. The van der Waals surface area contributed by atoms with E-state index < -0.39 is 0 Å². The molecule has 0 amide bonds. The molecular formula is C17H19ClO. The number of alkyl halides is 1. The van der Waals surface area contributed by atoms with Crippen LogP contribution in [0.5, 0.6) is 5.75 Å². The molecule has 2 aromatic carbocycles. The van der Waals surface area contributed by atoms with Gasteiger partial charge in [0, 0.05) is 5.38 Å². The number of hydrogen-bond acceptors (Lipinski definition) is 1. The lowest BCUT2D eigenvalue weighted by Gasteiger charge is -2.08. The lowest BCUT2D eigenvalue weighted by atomic mass is 10.1. The number of aryl methyl sites for hydroxylation is 1. The van der Waals surface area contributed by atoms with Crippen molar-refractivity contribution in [3.8, 4) is 5.75 Å². The molecule has 0 aromatic heterocycles. The maximum absolute atomic E-state index is 5.95. The minimum Gasteiger partial charge on any atom is -0.489 e. The highest BCUT2D eigenvalue weighted by Gasteiger charge is 2.00. The lowest BCUT2D eigenvalue weighted by molar-refractivity contribution is 0.306. The molecule has 2 heteroatoms. The third-order valence-corrected chi connectivity index (χ3v) is 3.22. The molecule has 1 nitrogen and oxygen atoms in total. The second-order valence-electron chi connectivity index (χ2n) is 4.74. The van der Waals surface area contributed by atoms with E-state index >= 15 is 0 Å². The molecule has 100 valence electrons. The Bertz CT molecular complexity index is 476. The summed E-state index contributed by atoms with van der Waals surface area (Å²) in [5, 5.41) is 0.231. The first-order valence-electron chi connectivity index (χ1n) is 6.64. The normalized spacial score (nSPS) is 12.1. The van der Waals surface area contributed by atoms with Gasteiger partial charge in [0.15, 0.2) is 0 Å². The summed E-state index contributed by atoms with van der Waals surface area (Å²) < 4.78 is 5.75. The fraction of sp³-hybridized carbons (Fsp3) is 0.294. The van der Waals surface area contributed by atoms with Crippen LogP contribution < -0.4 is 4.74 Å². The smallest absolute Gasteiger partial charge is 0.119 e. The second-order valence-corrected chi connectivity index (χ2v) is 5.48. The van der Waals surface area contributed by atoms with Gasteiger partial charge in [-0.25, -0.2) is 0 Å². The second kappa shape index (κ2) is 7.20. The Balaban J connectivity index is 1.85. The molecule has 19 heavy (non-hydrogen) atoms. The molecule has 0 aliphatic heterocycles. The number of benzene rings is 2. The van der Waals surface area contributed by atoms with E-state index in [1.165, 1.54) is 11.1 Å². The van der Waals surface area contributed by atoms with Crippen molar-refractivity contribution in [1.82, 2.24) is 0 Å². The lowest BCUT2D eigenvalue weighted by Crippen LogP contribution is -1.96. The Morgan fingerprint density at radius 2 is 1.63 bits per heavy atom. The fourth-order valence-corrected chi connectivity index (χ4v) is 1.97. The standard InChI is InChI=1S/C17H19ClO/c1-14(18)7-8-15-9-11-17(12-10-15)19-13-16-5-3-2-4-6-16/h2-6,9-12,14H,7-8,13H2,1H3. The summed E-state index contributed by atoms with van der Waals surface area (Å²) in [6.07, 6.45) is 2.02. The van der Waals surface area contributed by atoms with E-state index in [0.29, 0.717) is 6.61 Å². The van der Waals surface area contributed by atoms with E-state index in [1.807, 2.05) is 37.3 Å². The van der Waals surface area contributed by atoms with Gasteiger partial charge in [0.05, 0.1) is 0 Å². The van der Waals surface area contributed by atoms with Gasteiger partial charge in [-0.1, -0.05) is 42.5 Å². The highest BCUT2D eigenvalue weighted by molar-refractivity contribution is 6.20. The van der Waals surface area contributed by atoms with Crippen molar-refractivity contribution in [3.05, 3.63) is 65.7 Å². The van der Waals surface area contributed by atoms with Crippen LogP contribution in [0.15, 0.2) is 54.6 Å². The summed E-state index contributed by atoms with van der Waals surface area (Å²) >= 11 is 5.95. The molecule has 2 rings (SSSR count). The van der Waals surface area contributed by atoms with Crippen molar-refractivity contribution in [2.24, 2.45) is 0 Å². The first-order valence-corrected chi connectivity index (χ1v) is 7.07. The Hall–Kier alpha value is -1.47. The maximum Gasteiger partial charge on any atom is 0.119 e. The third-order valence-electron chi connectivity index (χ3n) is 3.00. The number of rotatable bonds is 6. The molecule has 0 aliphatic rings. The summed E-state index contributed by atoms with van der Waals surface area (Å²) in [5.74, 6) is 0.909. The van der Waals surface area contributed by atoms with Crippen molar-refractivity contribution in [3.63, 3.8) is 0 Å². The molecular weight excluding hydrogens is 256 g/mol. The van der Waals surface area contributed by atoms with Crippen molar-refractivity contribution < 1.29 is 4.74 Å². The van der Waals surface area contributed by atoms with Crippen molar-refractivity contribution in [2.45, 2.75) is 31.7 Å². The molecule has 0 fully saturated rings. The first-order chi connectivity index (χ1) is 9.24. The van der Waals surface area contributed by atoms with Crippen molar-refractivity contribution in [1.29, 1.82) is 0 Å². The van der Waals surface area contributed by atoms with Crippen LogP contribution in [0.3, 0.4) is 0 Å². The predicted octanol–water partition coefficient (Wildman–Crippen LogP) is 4.83. The molecule has 0 saturated heterocycles. The minimum absolute atomic E-state index is 0.231. The highest BCUT2D eigenvalue weighted by atomic mass is 35.5. The summed E-state index contributed by atoms with van der Waals surface area (Å²) in [7, 11) is 0. The molecule has 1 unspecified atom stereocenters. The van der Waals surface area contributed by atoms with Gasteiger partial charge in [0.2, 0.25) is 0 Å². The molecule has 2 aromatic rings. The van der Waals surface area contributed by atoms with E-state index in [2.05, 4.69) is 24.3 Å². The Morgan fingerprint density at radius 3 is 2.26 bits per heavy atom. The van der Waals surface area contributed by atoms with Crippen LogP contribution in [0.2, 0.25) is 0 Å². The van der Waals surface area contributed by atoms with Gasteiger partial charge in [-0.2, -0.15) is 0 Å². The molecule has 0 heterocycles. The summed E-state index contributed by atoms with van der Waals surface area (Å²) in [5.41, 5.74) is 2.49. The molecule has 0 bridgehead atoms. The minimum atomic E-state index is 0.231. The molecule has 0 saturated carbocycles. The zero-order valence-electron chi connectivity index (χ0n) is 11.2. The predicted molar refractivity (Wildman–Crippen MR) is 80.9 cm³/mol. The number of ether oxygens (including phenoxy) is 1. The van der Waals surface area contributed by atoms with E-state index in [1.54, 1.807) is 0 Å². The third kappa shape index (κ3) is 4.96. The van der Waals surface area contributed by atoms with Gasteiger partial charge in [-0.15, -0.1) is 11.6 Å². The van der Waals surface area contributed by atoms with Crippen molar-refractivity contribution in [2.75, 3.05) is 0 Å². The van der Waals surface area contributed by atoms with Crippen LogP contribution in [-0.4, -0.2) is 5.38 Å². The van der Waals surface area contributed by atoms with Gasteiger partial charge >= 0.3 is 0 Å². The summed E-state index contributed by atoms with van der Waals surface area (Å²) in [4.78, 5) is 0. The van der Waals surface area contributed by atoms with Gasteiger partial charge in [-0.05, 0) is 43.0 Å². The Labute approximate surface area is 120 Å². The first kappa shape index (κ1) is 14.0. The van der Waals surface area contributed by atoms with Crippen LogP contribution in [0.4, 0.5) is 0 Å². The van der Waals surface area contributed by atoms with Crippen LogP contribution in [-0.2, 0) is 13.0 Å². The van der Waals surface area contributed by atoms with Crippen LogP contribution in [0, 0.1) is 0 Å². The van der Waals surface area contributed by atoms with Crippen LogP contribution >= 0.6 is 11.6 Å². The van der Waals surface area contributed by atoms with E-state index in [0.717, 1.165) is 18.6 Å². The Morgan fingerprint density at radius 1 is 0.947 bits per heavy atom.